The molecule has 118 valence electrons. The number of carbonyl (C=O) groups is 2. The highest BCUT2D eigenvalue weighted by Gasteiger charge is 2.31. The van der Waals surface area contributed by atoms with Gasteiger partial charge in [0.1, 0.15) is 11.1 Å². The summed E-state index contributed by atoms with van der Waals surface area (Å²) >= 11 is 5.81. The number of nitrogens with zero attached hydrogens (tertiary/aromatic N) is 2. The highest BCUT2D eigenvalue weighted by atomic mass is 35.5. The lowest BCUT2D eigenvalue weighted by Crippen LogP contribution is -2.44. The van der Waals surface area contributed by atoms with Crippen LogP contribution in [0, 0.1) is 10.1 Å². The van der Waals surface area contributed by atoms with Gasteiger partial charge in [0, 0.05) is 24.7 Å². The fourth-order valence-electron chi connectivity index (χ4n) is 2.50. The van der Waals surface area contributed by atoms with Crippen LogP contribution >= 0.6 is 11.6 Å². The number of rotatable bonds is 5. The molecule has 1 fully saturated rings. The van der Waals surface area contributed by atoms with E-state index in [2.05, 4.69) is 5.32 Å². The molecule has 1 aliphatic rings. The third-order valence-electron chi connectivity index (χ3n) is 3.59. The largest absolute Gasteiger partial charge is 0.331 e. The van der Waals surface area contributed by atoms with Crippen LogP contribution in [0.2, 0.25) is 5.02 Å². The third-order valence-corrected chi connectivity index (χ3v) is 3.89. The maximum atomic E-state index is 12.3. The fourth-order valence-corrected chi connectivity index (χ4v) is 2.75. The van der Waals surface area contributed by atoms with Gasteiger partial charge in [-0.05, 0) is 25.0 Å². The molecule has 2 amide bonds. The molecule has 22 heavy (non-hydrogen) atoms. The predicted molar refractivity (Wildman–Crippen MR) is 81.8 cm³/mol. The highest BCUT2D eigenvalue weighted by molar-refractivity contribution is 6.33. The average molecular weight is 326 g/mol. The Hall–Kier alpha value is -2.15. The Bertz CT molecular complexity index is 620. The number of anilines is 1. The van der Waals surface area contributed by atoms with Crippen molar-refractivity contribution in [3.63, 3.8) is 0 Å². The lowest BCUT2D eigenvalue weighted by molar-refractivity contribution is -0.384. The zero-order chi connectivity index (χ0) is 16.3. The maximum absolute atomic E-state index is 12.3. The molecular formula is C14H16ClN3O4. The van der Waals surface area contributed by atoms with Crippen molar-refractivity contribution in [2.24, 2.45) is 0 Å². The highest BCUT2D eigenvalue weighted by Crippen LogP contribution is 2.27. The molecule has 0 saturated carbocycles. The first-order valence-electron chi connectivity index (χ1n) is 6.98. The summed E-state index contributed by atoms with van der Waals surface area (Å²) in [6.07, 6.45) is 1.72. The van der Waals surface area contributed by atoms with Gasteiger partial charge in [-0.1, -0.05) is 18.5 Å². The molecule has 1 aromatic rings. The van der Waals surface area contributed by atoms with E-state index in [-0.39, 0.29) is 22.5 Å². The Morgan fingerprint density at radius 1 is 1.55 bits per heavy atom. The zero-order valence-electron chi connectivity index (χ0n) is 12.0. The number of halogens is 1. The summed E-state index contributed by atoms with van der Waals surface area (Å²) in [5.74, 6) is -0.341. The number of nitro groups is 1. The van der Waals surface area contributed by atoms with Crippen molar-refractivity contribution < 1.29 is 14.5 Å². The van der Waals surface area contributed by atoms with Crippen molar-refractivity contribution in [3.05, 3.63) is 33.3 Å². The molecule has 1 heterocycles. The normalized spacial score (nSPS) is 15.7. The van der Waals surface area contributed by atoms with Crippen LogP contribution in [-0.2, 0) is 9.59 Å². The van der Waals surface area contributed by atoms with E-state index in [9.17, 15) is 19.7 Å². The molecule has 1 aromatic carbocycles. The second-order valence-electron chi connectivity index (χ2n) is 5.03. The van der Waals surface area contributed by atoms with Crippen LogP contribution in [0.1, 0.15) is 26.2 Å². The maximum Gasteiger partial charge on any atom is 0.288 e. The van der Waals surface area contributed by atoms with Crippen molar-refractivity contribution in [2.45, 2.75) is 32.2 Å². The van der Waals surface area contributed by atoms with Crippen molar-refractivity contribution in [3.8, 4) is 0 Å². The number of nitrogens with one attached hydrogen (secondary N) is 1. The fraction of sp³-hybridized carbons (Fsp3) is 0.429. The van der Waals surface area contributed by atoms with Gasteiger partial charge in [-0.2, -0.15) is 0 Å². The van der Waals surface area contributed by atoms with Gasteiger partial charge in [0.05, 0.1) is 4.92 Å². The first kappa shape index (κ1) is 16.2. The quantitative estimate of drug-likeness (QED) is 0.665. The number of likely N-dealkylation sites (tertiary alicyclic amines) is 1. The molecule has 1 aliphatic heterocycles. The van der Waals surface area contributed by atoms with E-state index in [1.165, 1.54) is 18.2 Å². The lowest BCUT2D eigenvalue weighted by atomic mass is 10.1. The molecule has 1 unspecified atom stereocenters. The second-order valence-corrected chi connectivity index (χ2v) is 5.43. The van der Waals surface area contributed by atoms with Crippen LogP contribution in [0.3, 0.4) is 0 Å². The van der Waals surface area contributed by atoms with E-state index < -0.39 is 11.0 Å². The first-order valence-corrected chi connectivity index (χ1v) is 7.36. The smallest absolute Gasteiger partial charge is 0.288 e. The van der Waals surface area contributed by atoms with Crippen LogP contribution in [0.25, 0.3) is 0 Å². The first-order chi connectivity index (χ1) is 10.4. The summed E-state index contributed by atoms with van der Waals surface area (Å²) in [7, 11) is 0. The number of benzene rings is 1. The number of hydrogen-bond acceptors (Lipinski definition) is 4. The van der Waals surface area contributed by atoms with Gasteiger partial charge in [0.2, 0.25) is 11.8 Å². The Balaban J connectivity index is 2.12. The molecule has 7 nitrogen and oxygen atoms in total. The van der Waals surface area contributed by atoms with Crippen molar-refractivity contribution in [1.82, 2.24) is 4.90 Å². The topological polar surface area (TPSA) is 92.5 Å². The number of carbonyl (C=O) groups excluding carboxylic acids is 2. The van der Waals surface area contributed by atoms with Gasteiger partial charge in [0.25, 0.3) is 5.69 Å². The van der Waals surface area contributed by atoms with Crippen LogP contribution in [0.4, 0.5) is 11.4 Å². The average Bonchev–Trinajstić information content (AvgIpc) is 2.85. The van der Waals surface area contributed by atoms with E-state index in [4.69, 9.17) is 11.6 Å². The van der Waals surface area contributed by atoms with Crippen LogP contribution < -0.4 is 5.32 Å². The molecule has 0 spiro atoms. The standard InChI is InChI=1S/C14H16ClN3O4/c1-2-11(17-7-3-4-13(17)19)14(20)16-9-5-6-12(18(21)22)10(15)8-9/h5-6,8,11H,2-4,7H2,1H3,(H,16,20). The Kier molecular flexibility index (Phi) is 4.97. The summed E-state index contributed by atoms with van der Waals surface area (Å²) in [6.45, 7) is 2.41. The molecule has 0 aliphatic carbocycles. The van der Waals surface area contributed by atoms with E-state index in [0.29, 0.717) is 25.1 Å². The minimum absolute atomic E-state index is 0.0243. The monoisotopic (exact) mass is 325 g/mol. The molecule has 2 rings (SSSR count). The van der Waals surface area contributed by atoms with Gasteiger partial charge < -0.3 is 10.2 Å². The second kappa shape index (κ2) is 6.74. The van der Waals surface area contributed by atoms with Gasteiger partial charge >= 0.3 is 0 Å². The molecule has 8 heteroatoms. The van der Waals surface area contributed by atoms with Crippen molar-refractivity contribution >= 4 is 34.8 Å². The molecule has 1 atom stereocenters. The number of hydrogen-bond donors (Lipinski definition) is 1. The Morgan fingerprint density at radius 3 is 2.77 bits per heavy atom. The molecule has 0 bridgehead atoms. The minimum atomic E-state index is -0.592. The number of amides is 2. The van der Waals surface area contributed by atoms with Crippen molar-refractivity contribution in [2.75, 3.05) is 11.9 Å². The summed E-state index contributed by atoms with van der Waals surface area (Å²) in [5.41, 5.74) is 0.145. The van der Waals surface area contributed by atoms with Crippen LogP contribution in [0.5, 0.6) is 0 Å². The summed E-state index contributed by atoms with van der Waals surface area (Å²) in [6, 6.07) is 3.44. The van der Waals surface area contributed by atoms with E-state index in [1.54, 1.807) is 4.90 Å². The van der Waals surface area contributed by atoms with Gasteiger partial charge in [0.15, 0.2) is 0 Å². The van der Waals surface area contributed by atoms with E-state index in [1.807, 2.05) is 6.92 Å². The van der Waals surface area contributed by atoms with Crippen LogP contribution in [-0.4, -0.2) is 34.2 Å². The molecule has 1 N–H and O–H groups in total. The molecule has 0 radical (unpaired) electrons. The van der Waals surface area contributed by atoms with Crippen molar-refractivity contribution in [1.29, 1.82) is 0 Å². The predicted octanol–water partition coefficient (Wildman–Crippen LogP) is 2.59. The van der Waals surface area contributed by atoms with Gasteiger partial charge in [-0.3, -0.25) is 19.7 Å². The van der Waals surface area contributed by atoms with Gasteiger partial charge in [-0.15, -0.1) is 0 Å². The molecule has 1 saturated heterocycles. The Morgan fingerprint density at radius 2 is 2.27 bits per heavy atom. The summed E-state index contributed by atoms with van der Waals surface area (Å²) in [4.78, 5) is 35.8. The third kappa shape index (κ3) is 3.36. The number of nitro benzene ring substituents is 1. The van der Waals surface area contributed by atoms with Crippen LogP contribution in [0.15, 0.2) is 18.2 Å². The van der Waals surface area contributed by atoms with E-state index in [0.717, 1.165) is 6.42 Å². The zero-order valence-corrected chi connectivity index (χ0v) is 12.8. The Labute approximate surface area is 132 Å². The van der Waals surface area contributed by atoms with E-state index >= 15 is 0 Å². The summed E-state index contributed by atoms with van der Waals surface area (Å²) in [5, 5.41) is 13.3. The molecular weight excluding hydrogens is 310 g/mol. The van der Waals surface area contributed by atoms with Gasteiger partial charge in [-0.25, -0.2) is 0 Å². The lowest BCUT2D eigenvalue weighted by Gasteiger charge is -2.25. The summed E-state index contributed by atoms with van der Waals surface area (Å²) < 4.78 is 0. The SMILES string of the molecule is CCC(C(=O)Nc1ccc([N+](=O)[O-])c(Cl)c1)N1CCCC1=O. The minimum Gasteiger partial charge on any atom is -0.331 e. The molecule has 0 aromatic heterocycles.